The Balaban J connectivity index is 1.96. The average Bonchev–Trinajstić information content (AvgIpc) is 2.62. The number of nitrogens with one attached hydrogen (secondary N) is 2. The first-order valence-corrected chi connectivity index (χ1v) is 10.0. The van der Waals surface area contributed by atoms with Crippen LogP contribution in [0.15, 0.2) is 46.9 Å². The van der Waals surface area contributed by atoms with E-state index in [1.54, 1.807) is 42.5 Å². The molecule has 0 fully saturated rings. The summed E-state index contributed by atoms with van der Waals surface area (Å²) in [5, 5.41) is 2.60. The van der Waals surface area contributed by atoms with Crippen LogP contribution in [0, 0.1) is 0 Å². The fourth-order valence-corrected chi connectivity index (χ4v) is 3.48. The molecule has 2 N–H and O–H groups in total. The van der Waals surface area contributed by atoms with Crippen molar-refractivity contribution in [1.29, 1.82) is 0 Å². The first kappa shape index (κ1) is 20.2. The summed E-state index contributed by atoms with van der Waals surface area (Å²) in [5.74, 6) is 0.250. The second-order valence-corrected chi connectivity index (χ2v) is 8.04. The van der Waals surface area contributed by atoms with E-state index in [0.29, 0.717) is 22.7 Å². The molecule has 0 heterocycles. The average molecular weight is 443 g/mol. The van der Waals surface area contributed by atoms with Crippen molar-refractivity contribution in [1.82, 2.24) is 4.72 Å². The molecule has 2 aromatic carbocycles. The number of hydrogen-bond acceptors (Lipinski definition) is 5. The highest BCUT2D eigenvalue weighted by Gasteiger charge is 2.15. The molecular formula is C17H19BrN2O5S. The number of amides is 1. The SMILES string of the molecule is COc1ccc(OC)c(NC(=O)CNS(=O)(=O)Cc2ccc(Br)cc2)c1. The standard InChI is InChI=1S/C17H19BrN2O5S/c1-24-14-7-8-16(25-2)15(9-14)20-17(21)10-19-26(22,23)11-12-3-5-13(18)6-4-12/h3-9,19H,10-11H2,1-2H3,(H,20,21). The first-order valence-electron chi connectivity index (χ1n) is 7.56. The summed E-state index contributed by atoms with van der Waals surface area (Å²) in [6, 6.07) is 11.8. The highest BCUT2D eigenvalue weighted by Crippen LogP contribution is 2.28. The number of ether oxygens (including phenoxy) is 2. The van der Waals surface area contributed by atoms with Gasteiger partial charge >= 0.3 is 0 Å². The van der Waals surface area contributed by atoms with Crippen molar-refractivity contribution in [2.75, 3.05) is 26.1 Å². The topological polar surface area (TPSA) is 93.7 Å². The highest BCUT2D eigenvalue weighted by molar-refractivity contribution is 9.10. The van der Waals surface area contributed by atoms with E-state index < -0.39 is 15.9 Å². The maximum absolute atomic E-state index is 12.1. The molecule has 1 amide bonds. The minimum Gasteiger partial charge on any atom is -0.497 e. The summed E-state index contributed by atoms with van der Waals surface area (Å²) in [6.45, 7) is -0.390. The Morgan fingerprint density at radius 2 is 1.77 bits per heavy atom. The Morgan fingerprint density at radius 1 is 1.08 bits per heavy atom. The lowest BCUT2D eigenvalue weighted by Crippen LogP contribution is -2.33. The van der Waals surface area contributed by atoms with Gasteiger partial charge in [0.2, 0.25) is 15.9 Å². The third-order valence-electron chi connectivity index (χ3n) is 3.40. The van der Waals surface area contributed by atoms with Crippen molar-refractivity contribution in [3.63, 3.8) is 0 Å². The minimum absolute atomic E-state index is 0.212. The van der Waals surface area contributed by atoms with Gasteiger partial charge < -0.3 is 14.8 Å². The van der Waals surface area contributed by atoms with Gasteiger partial charge in [-0.2, -0.15) is 0 Å². The molecule has 0 bridgehead atoms. The molecule has 0 spiro atoms. The lowest BCUT2D eigenvalue weighted by atomic mass is 10.2. The number of carbonyl (C=O) groups excluding carboxylic acids is 1. The van der Waals surface area contributed by atoms with Crippen molar-refractivity contribution >= 4 is 37.5 Å². The molecule has 0 radical (unpaired) electrons. The van der Waals surface area contributed by atoms with Gasteiger partial charge in [0.1, 0.15) is 11.5 Å². The predicted molar refractivity (Wildman–Crippen MR) is 103 cm³/mol. The summed E-state index contributed by atoms with van der Waals surface area (Å²) in [5.41, 5.74) is 1.01. The normalized spacial score (nSPS) is 11.0. The second-order valence-electron chi connectivity index (χ2n) is 5.32. The van der Waals surface area contributed by atoms with E-state index in [0.717, 1.165) is 4.47 Å². The lowest BCUT2D eigenvalue weighted by molar-refractivity contribution is -0.115. The molecule has 7 nitrogen and oxygen atoms in total. The number of rotatable bonds is 8. The molecular weight excluding hydrogens is 424 g/mol. The summed E-state index contributed by atoms with van der Waals surface area (Å²) >= 11 is 3.29. The van der Waals surface area contributed by atoms with Gasteiger partial charge in [-0.1, -0.05) is 28.1 Å². The van der Waals surface area contributed by atoms with Crippen molar-refractivity contribution in [2.45, 2.75) is 5.75 Å². The number of anilines is 1. The maximum Gasteiger partial charge on any atom is 0.239 e. The molecule has 140 valence electrons. The Labute approximate surface area is 160 Å². The van der Waals surface area contributed by atoms with E-state index >= 15 is 0 Å². The van der Waals surface area contributed by atoms with E-state index in [-0.39, 0.29) is 12.3 Å². The monoisotopic (exact) mass is 442 g/mol. The van der Waals surface area contributed by atoms with Crippen molar-refractivity contribution < 1.29 is 22.7 Å². The number of hydrogen-bond donors (Lipinski definition) is 2. The van der Waals surface area contributed by atoms with Gasteiger partial charge in [0.25, 0.3) is 0 Å². The zero-order valence-corrected chi connectivity index (χ0v) is 16.7. The van der Waals surface area contributed by atoms with Crippen LogP contribution in [0.1, 0.15) is 5.56 Å². The number of methoxy groups -OCH3 is 2. The molecule has 0 aliphatic heterocycles. The Morgan fingerprint density at radius 3 is 2.38 bits per heavy atom. The third kappa shape index (κ3) is 6.01. The summed E-state index contributed by atoms with van der Waals surface area (Å²) in [4.78, 5) is 12.1. The summed E-state index contributed by atoms with van der Waals surface area (Å²) < 4.78 is 37.6. The van der Waals surface area contributed by atoms with Crippen LogP contribution in [0.5, 0.6) is 11.5 Å². The van der Waals surface area contributed by atoms with Gasteiger partial charge in [0.05, 0.1) is 32.2 Å². The molecule has 2 aromatic rings. The molecule has 0 saturated carbocycles. The molecule has 0 aliphatic carbocycles. The molecule has 0 aromatic heterocycles. The molecule has 0 unspecified atom stereocenters. The van der Waals surface area contributed by atoms with Crippen LogP contribution in [-0.2, 0) is 20.6 Å². The minimum atomic E-state index is -3.65. The van der Waals surface area contributed by atoms with Crippen LogP contribution >= 0.6 is 15.9 Å². The smallest absolute Gasteiger partial charge is 0.239 e. The van der Waals surface area contributed by atoms with E-state index in [4.69, 9.17) is 9.47 Å². The number of sulfonamides is 1. The summed E-state index contributed by atoms with van der Waals surface area (Å²) in [6.07, 6.45) is 0. The fourth-order valence-electron chi connectivity index (χ4n) is 2.13. The van der Waals surface area contributed by atoms with E-state index in [2.05, 4.69) is 26.0 Å². The van der Waals surface area contributed by atoms with Gasteiger partial charge in [0, 0.05) is 10.5 Å². The van der Waals surface area contributed by atoms with Crippen LogP contribution in [0.4, 0.5) is 5.69 Å². The van der Waals surface area contributed by atoms with Crippen LogP contribution in [0.2, 0.25) is 0 Å². The fraction of sp³-hybridized carbons (Fsp3) is 0.235. The van der Waals surface area contributed by atoms with Gasteiger partial charge in [-0.05, 0) is 29.8 Å². The molecule has 0 saturated heterocycles. The number of benzene rings is 2. The van der Waals surface area contributed by atoms with Gasteiger partial charge in [-0.25, -0.2) is 13.1 Å². The van der Waals surface area contributed by atoms with Crippen LogP contribution in [0.3, 0.4) is 0 Å². The van der Waals surface area contributed by atoms with E-state index in [9.17, 15) is 13.2 Å². The van der Waals surface area contributed by atoms with Crippen molar-refractivity contribution in [3.05, 3.63) is 52.5 Å². The van der Waals surface area contributed by atoms with Crippen LogP contribution < -0.4 is 19.5 Å². The van der Waals surface area contributed by atoms with Crippen molar-refractivity contribution in [2.24, 2.45) is 0 Å². The Hall–Kier alpha value is -2.10. The largest absolute Gasteiger partial charge is 0.497 e. The number of carbonyl (C=O) groups is 1. The maximum atomic E-state index is 12.1. The molecule has 26 heavy (non-hydrogen) atoms. The molecule has 9 heteroatoms. The molecule has 0 aliphatic rings. The zero-order valence-electron chi connectivity index (χ0n) is 14.3. The lowest BCUT2D eigenvalue weighted by Gasteiger charge is -2.12. The predicted octanol–water partition coefficient (Wildman–Crippen LogP) is 2.52. The van der Waals surface area contributed by atoms with Gasteiger partial charge in [-0.15, -0.1) is 0 Å². The molecule has 0 atom stereocenters. The van der Waals surface area contributed by atoms with Crippen molar-refractivity contribution in [3.8, 4) is 11.5 Å². The highest BCUT2D eigenvalue weighted by atomic mass is 79.9. The van der Waals surface area contributed by atoms with Crippen LogP contribution in [-0.4, -0.2) is 35.1 Å². The van der Waals surface area contributed by atoms with Crippen LogP contribution in [0.25, 0.3) is 0 Å². The van der Waals surface area contributed by atoms with Gasteiger partial charge in [-0.3, -0.25) is 4.79 Å². The van der Waals surface area contributed by atoms with E-state index in [1.807, 2.05) is 0 Å². The Kier molecular flexibility index (Phi) is 7.01. The van der Waals surface area contributed by atoms with E-state index in [1.165, 1.54) is 14.2 Å². The quantitative estimate of drug-likeness (QED) is 0.654. The zero-order chi connectivity index (χ0) is 19.2. The Bertz CT molecular complexity index is 869. The first-order chi connectivity index (χ1) is 12.3. The third-order valence-corrected chi connectivity index (χ3v) is 5.23. The molecule has 2 rings (SSSR count). The second kappa shape index (κ2) is 9.02. The van der Waals surface area contributed by atoms with Gasteiger partial charge in [0.15, 0.2) is 0 Å². The summed E-state index contributed by atoms with van der Waals surface area (Å²) in [7, 11) is -0.671. The number of halogens is 1.